The van der Waals surface area contributed by atoms with Crippen molar-refractivity contribution in [2.45, 2.75) is 51.9 Å². The fraction of sp³-hybridized carbons (Fsp3) is 1.00. The van der Waals surface area contributed by atoms with E-state index in [0.717, 1.165) is 11.8 Å². The van der Waals surface area contributed by atoms with Crippen LogP contribution in [0.4, 0.5) is 0 Å². The highest BCUT2D eigenvalue weighted by atomic mass is 14.4. The molecule has 0 N–H and O–H groups in total. The van der Waals surface area contributed by atoms with E-state index >= 15 is 0 Å². The van der Waals surface area contributed by atoms with Crippen molar-refractivity contribution in [3.63, 3.8) is 0 Å². The summed E-state index contributed by atoms with van der Waals surface area (Å²) in [5.41, 5.74) is 0. The van der Waals surface area contributed by atoms with Gasteiger partial charge >= 0.3 is 0 Å². The van der Waals surface area contributed by atoms with Gasteiger partial charge in [-0.1, -0.05) is 32.6 Å². The molecule has 0 saturated heterocycles. The minimum Gasteiger partial charge on any atom is -0.0654 e. The van der Waals surface area contributed by atoms with Gasteiger partial charge in [0, 0.05) is 0 Å². The van der Waals surface area contributed by atoms with Crippen molar-refractivity contribution in [1.29, 1.82) is 0 Å². The standard InChI is InChI=1S/C11H20/c1-2-4-9-5-3-6-11(9)10-7-8-10/h9-11H,2-8H2,1H3/t9-,11?/m0/s1. The molecule has 11 heavy (non-hydrogen) atoms. The summed E-state index contributed by atoms with van der Waals surface area (Å²) >= 11 is 0. The Morgan fingerprint density at radius 2 is 1.91 bits per heavy atom. The molecule has 64 valence electrons. The van der Waals surface area contributed by atoms with Crippen molar-refractivity contribution in [2.75, 3.05) is 0 Å². The van der Waals surface area contributed by atoms with Crippen LogP contribution in [-0.4, -0.2) is 0 Å². The normalized spacial score (nSPS) is 37.9. The van der Waals surface area contributed by atoms with Gasteiger partial charge in [0.05, 0.1) is 0 Å². The minimum atomic E-state index is 1.13. The van der Waals surface area contributed by atoms with E-state index in [1.54, 1.807) is 25.7 Å². The largest absolute Gasteiger partial charge is 0.0654 e. The fourth-order valence-electron chi connectivity index (χ4n) is 2.94. The average molecular weight is 152 g/mol. The lowest BCUT2D eigenvalue weighted by molar-refractivity contribution is 0.324. The zero-order valence-electron chi connectivity index (χ0n) is 7.68. The van der Waals surface area contributed by atoms with Crippen LogP contribution in [0.3, 0.4) is 0 Å². The molecule has 0 heteroatoms. The van der Waals surface area contributed by atoms with Gasteiger partial charge in [0.15, 0.2) is 0 Å². The summed E-state index contributed by atoms with van der Waals surface area (Å²) < 4.78 is 0. The molecule has 0 aromatic rings. The van der Waals surface area contributed by atoms with E-state index in [1.165, 1.54) is 25.2 Å². The number of hydrogen-bond acceptors (Lipinski definition) is 0. The summed E-state index contributed by atoms with van der Waals surface area (Å²) in [5, 5.41) is 0. The second-order valence-electron chi connectivity index (χ2n) is 4.48. The molecule has 2 aliphatic carbocycles. The first-order valence-corrected chi connectivity index (χ1v) is 5.42. The summed E-state index contributed by atoms with van der Waals surface area (Å²) in [6, 6.07) is 0. The second-order valence-corrected chi connectivity index (χ2v) is 4.48. The summed E-state index contributed by atoms with van der Waals surface area (Å²) in [6.45, 7) is 2.34. The molecule has 0 spiro atoms. The molecule has 0 amide bonds. The smallest absolute Gasteiger partial charge is 0.0357 e. The SMILES string of the molecule is CCC[C@H]1CCCC1C1CC1. The van der Waals surface area contributed by atoms with Gasteiger partial charge in [-0.2, -0.15) is 0 Å². The highest BCUT2D eigenvalue weighted by Crippen LogP contribution is 2.49. The van der Waals surface area contributed by atoms with E-state index in [-0.39, 0.29) is 0 Å². The van der Waals surface area contributed by atoms with Gasteiger partial charge in [-0.25, -0.2) is 0 Å². The Balaban J connectivity index is 1.85. The van der Waals surface area contributed by atoms with E-state index in [9.17, 15) is 0 Å². The first-order chi connectivity index (χ1) is 5.42. The van der Waals surface area contributed by atoms with Crippen LogP contribution in [-0.2, 0) is 0 Å². The van der Waals surface area contributed by atoms with E-state index in [4.69, 9.17) is 0 Å². The van der Waals surface area contributed by atoms with Crippen molar-refractivity contribution >= 4 is 0 Å². The molecule has 0 nitrogen and oxygen atoms in total. The summed E-state index contributed by atoms with van der Waals surface area (Å²) in [6.07, 6.45) is 10.7. The van der Waals surface area contributed by atoms with Crippen molar-refractivity contribution in [3.8, 4) is 0 Å². The maximum atomic E-state index is 2.34. The van der Waals surface area contributed by atoms with Crippen molar-refractivity contribution < 1.29 is 0 Å². The molecule has 2 aliphatic rings. The van der Waals surface area contributed by atoms with Crippen molar-refractivity contribution in [3.05, 3.63) is 0 Å². The van der Waals surface area contributed by atoms with E-state index in [0.29, 0.717) is 0 Å². The van der Waals surface area contributed by atoms with Crippen molar-refractivity contribution in [1.82, 2.24) is 0 Å². The second kappa shape index (κ2) is 3.16. The molecule has 0 aliphatic heterocycles. The number of rotatable bonds is 3. The molecule has 1 unspecified atom stereocenters. The molecule has 2 atom stereocenters. The lowest BCUT2D eigenvalue weighted by atomic mass is 9.88. The minimum absolute atomic E-state index is 1.13. The topological polar surface area (TPSA) is 0 Å². The Hall–Kier alpha value is 0. The van der Waals surface area contributed by atoms with Gasteiger partial charge in [0.25, 0.3) is 0 Å². The van der Waals surface area contributed by atoms with Crippen LogP contribution < -0.4 is 0 Å². The molecule has 0 bridgehead atoms. The van der Waals surface area contributed by atoms with E-state index in [2.05, 4.69) is 6.92 Å². The Morgan fingerprint density at radius 1 is 1.09 bits per heavy atom. The van der Waals surface area contributed by atoms with Gasteiger partial charge in [-0.05, 0) is 37.0 Å². The first-order valence-electron chi connectivity index (χ1n) is 5.42. The predicted molar refractivity (Wildman–Crippen MR) is 48.5 cm³/mol. The number of hydrogen-bond donors (Lipinski definition) is 0. The predicted octanol–water partition coefficient (Wildman–Crippen LogP) is 3.61. The quantitative estimate of drug-likeness (QED) is 0.579. The molecular weight excluding hydrogens is 132 g/mol. The molecule has 0 aromatic heterocycles. The molecule has 2 rings (SSSR count). The molecule has 2 saturated carbocycles. The third-order valence-electron chi connectivity index (χ3n) is 3.60. The van der Waals surface area contributed by atoms with Crippen LogP contribution in [0.25, 0.3) is 0 Å². The molecular formula is C11H20. The maximum Gasteiger partial charge on any atom is -0.0357 e. The van der Waals surface area contributed by atoms with Crippen LogP contribution in [0.15, 0.2) is 0 Å². The van der Waals surface area contributed by atoms with Crippen LogP contribution >= 0.6 is 0 Å². The van der Waals surface area contributed by atoms with E-state index in [1.807, 2.05) is 0 Å². The lowest BCUT2D eigenvalue weighted by Crippen LogP contribution is -2.09. The first kappa shape index (κ1) is 7.64. The molecule has 0 aromatic carbocycles. The summed E-state index contributed by atoms with van der Waals surface area (Å²) in [5.74, 6) is 3.47. The highest BCUT2D eigenvalue weighted by molar-refractivity contribution is 4.89. The fourth-order valence-corrected chi connectivity index (χ4v) is 2.94. The van der Waals surface area contributed by atoms with Crippen molar-refractivity contribution in [2.24, 2.45) is 17.8 Å². The molecule has 0 radical (unpaired) electrons. The van der Waals surface area contributed by atoms with Crippen LogP contribution in [0.5, 0.6) is 0 Å². The lowest BCUT2D eigenvalue weighted by Gasteiger charge is -2.17. The third kappa shape index (κ3) is 1.60. The van der Waals surface area contributed by atoms with Crippen LogP contribution in [0, 0.1) is 17.8 Å². The summed E-state index contributed by atoms with van der Waals surface area (Å²) in [4.78, 5) is 0. The zero-order chi connectivity index (χ0) is 7.68. The van der Waals surface area contributed by atoms with Gasteiger partial charge in [-0.3, -0.25) is 0 Å². The Kier molecular flexibility index (Phi) is 2.20. The monoisotopic (exact) mass is 152 g/mol. The molecule has 2 fully saturated rings. The van der Waals surface area contributed by atoms with Gasteiger partial charge in [-0.15, -0.1) is 0 Å². The molecule has 0 heterocycles. The van der Waals surface area contributed by atoms with E-state index < -0.39 is 0 Å². The Bertz CT molecular complexity index is 124. The van der Waals surface area contributed by atoms with Gasteiger partial charge in [0.1, 0.15) is 0 Å². The summed E-state index contributed by atoms with van der Waals surface area (Å²) in [7, 11) is 0. The third-order valence-corrected chi connectivity index (χ3v) is 3.60. The average Bonchev–Trinajstić information content (AvgIpc) is 2.75. The Labute approximate surface area is 70.4 Å². The Morgan fingerprint density at radius 3 is 2.55 bits per heavy atom. The van der Waals surface area contributed by atoms with Gasteiger partial charge < -0.3 is 0 Å². The maximum absolute atomic E-state index is 2.34. The van der Waals surface area contributed by atoms with Gasteiger partial charge in [0.2, 0.25) is 0 Å². The highest BCUT2D eigenvalue weighted by Gasteiger charge is 2.38. The van der Waals surface area contributed by atoms with Crippen LogP contribution in [0.1, 0.15) is 51.9 Å². The van der Waals surface area contributed by atoms with Crippen LogP contribution in [0.2, 0.25) is 0 Å². The zero-order valence-corrected chi connectivity index (χ0v) is 7.68.